The summed E-state index contributed by atoms with van der Waals surface area (Å²) in [7, 11) is 1.50. The number of ether oxygens (including phenoxy) is 1. The Kier molecular flexibility index (Phi) is 9.68. The van der Waals surface area contributed by atoms with Crippen LogP contribution >= 0.6 is 11.8 Å². The number of oxime groups is 1. The first-order valence-corrected chi connectivity index (χ1v) is 13.6. The van der Waals surface area contributed by atoms with Crippen molar-refractivity contribution in [1.82, 2.24) is 9.88 Å². The summed E-state index contributed by atoms with van der Waals surface area (Å²) < 4.78 is 47.5. The molecule has 1 fully saturated rings. The zero-order valence-corrected chi connectivity index (χ0v) is 22.3. The molecule has 1 aliphatic rings. The second-order valence-electron chi connectivity index (χ2n) is 9.58. The fraction of sp³-hybridized carbons (Fsp3) is 0.393. The predicted molar refractivity (Wildman–Crippen MR) is 143 cm³/mol. The van der Waals surface area contributed by atoms with Gasteiger partial charge in [0.15, 0.2) is 5.82 Å². The summed E-state index contributed by atoms with van der Waals surface area (Å²) in [5, 5.41) is 23.2. The van der Waals surface area contributed by atoms with Crippen LogP contribution in [0.15, 0.2) is 52.6 Å². The third kappa shape index (κ3) is 7.21. The molecule has 208 valence electrons. The van der Waals surface area contributed by atoms with Crippen LogP contribution in [0, 0.1) is 29.3 Å². The molecule has 0 spiro atoms. The average molecular weight is 562 g/mol. The first-order valence-electron chi connectivity index (χ1n) is 12.6. The summed E-state index contributed by atoms with van der Waals surface area (Å²) in [4.78, 5) is 18.1. The number of methoxy groups -OCH3 is 1. The van der Waals surface area contributed by atoms with Crippen molar-refractivity contribution in [2.24, 2.45) is 17.0 Å². The molecule has 1 aromatic heterocycles. The van der Waals surface area contributed by atoms with Crippen LogP contribution in [0.4, 0.5) is 13.2 Å². The zero-order valence-electron chi connectivity index (χ0n) is 21.4. The topological polar surface area (TPSA) is 95.2 Å². The third-order valence-electron chi connectivity index (χ3n) is 7.16. The lowest BCUT2D eigenvalue weighted by molar-refractivity contribution is -0.139. The average Bonchev–Trinajstić information content (AvgIpc) is 2.92. The SMILES string of the molecule is COc1ccc2ncc(F)c(C(CCC3CCN(CCSc4cc(F)ccc4F)CC3CC(=O)O)=NO)c2c1. The van der Waals surface area contributed by atoms with Gasteiger partial charge in [0.1, 0.15) is 17.4 Å². The summed E-state index contributed by atoms with van der Waals surface area (Å²) >= 11 is 1.22. The van der Waals surface area contributed by atoms with Gasteiger partial charge in [-0.15, -0.1) is 11.8 Å². The van der Waals surface area contributed by atoms with Crippen LogP contribution in [0.2, 0.25) is 0 Å². The van der Waals surface area contributed by atoms with Crippen molar-refractivity contribution in [3.63, 3.8) is 0 Å². The number of likely N-dealkylation sites (tertiary alicyclic amines) is 1. The van der Waals surface area contributed by atoms with Crippen LogP contribution in [0.3, 0.4) is 0 Å². The molecule has 2 N–H and O–H groups in total. The van der Waals surface area contributed by atoms with E-state index >= 15 is 0 Å². The number of rotatable bonds is 11. The monoisotopic (exact) mass is 561 g/mol. The number of hydrogen-bond donors (Lipinski definition) is 2. The van der Waals surface area contributed by atoms with Crippen molar-refractivity contribution in [2.45, 2.75) is 30.6 Å². The number of thioether (sulfide) groups is 1. The van der Waals surface area contributed by atoms with Crippen molar-refractivity contribution in [2.75, 3.05) is 32.5 Å². The molecule has 7 nitrogen and oxygen atoms in total. The second kappa shape index (κ2) is 13.2. The minimum absolute atomic E-state index is 0.0214. The maximum atomic E-state index is 14.9. The first-order chi connectivity index (χ1) is 18.8. The van der Waals surface area contributed by atoms with Gasteiger partial charge in [0, 0.05) is 41.1 Å². The highest BCUT2D eigenvalue weighted by molar-refractivity contribution is 7.99. The Morgan fingerprint density at radius 1 is 1.18 bits per heavy atom. The van der Waals surface area contributed by atoms with E-state index in [4.69, 9.17) is 4.74 Å². The van der Waals surface area contributed by atoms with Gasteiger partial charge in [0.25, 0.3) is 0 Å². The van der Waals surface area contributed by atoms with Crippen LogP contribution in [0.5, 0.6) is 5.75 Å². The molecule has 0 radical (unpaired) electrons. The normalized spacial score (nSPS) is 18.4. The summed E-state index contributed by atoms with van der Waals surface area (Å²) in [5.41, 5.74) is 0.842. The minimum Gasteiger partial charge on any atom is -0.497 e. The van der Waals surface area contributed by atoms with E-state index in [0.29, 0.717) is 54.9 Å². The lowest BCUT2D eigenvalue weighted by atomic mass is 9.79. The molecule has 1 saturated heterocycles. The summed E-state index contributed by atoms with van der Waals surface area (Å²) in [6.07, 6.45) is 2.54. The molecule has 39 heavy (non-hydrogen) atoms. The van der Waals surface area contributed by atoms with Crippen molar-refractivity contribution in [3.8, 4) is 5.75 Å². The highest BCUT2D eigenvalue weighted by atomic mass is 32.2. The fourth-order valence-electron chi connectivity index (χ4n) is 5.18. The molecule has 11 heteroatoms. The number of fused-ring (bicyclic) bond motifs is 1. The fourth-order valence-corrected chi connectivity index (χ4v) is 6.15. The van der Waals surface area contributed by atoms with Gasteiger partial charge in [-0.2, -0.15) is 0 Å². The van der Waals surface area contributed by atoms with E-state index in [0.717, 1.165) is 18.3 Å². The highest BCUT2D eigenvalue weighted by Crippen LogP contribution is 2.33. The molecule has 0 saturated carbocycles. The Morgan fingerprint density at radius 3 is 2.74 bits per heavy atom. The quantitative estimate of drug-likeness (QED) is 0.132. The van der Waals surface area contributed by atoms with Gasteiger partial charge >= 0.3 is 5.97 Å². The number of aromatic nitrogens is 1. The largest absolute Gasteiger partial charge is 0.497 e. The molecule has 0 amide bonds. The number of pyridine rings is 1. The van der Waals surface area contributed by atoms with E-state index in [-0.39, 0.29) is 40.8 Å². The Bertz CT molecular complexity index is 1360. The van der Waals surface area contributed by atoms with Gasteiger partial charge in [-0.1, -0.05) is 5.16 Å². The van der Waals surface area contributed by atoms with Crippen molar-refractivity contribution >= 4 is 34.3 Å². The van der Waals surface area contributed by atoms with Gasteiger partial charge in [0.2, 0.25) is 0 Å². The molecule has 2 heterocycles. The molecule has 1 aliphatic heterocycles. The molecule has 0 aliphatic carbocycles. The number of carboxylic acid groups (broad SMARTS) is 1. The Morgan fingerprint density at radius 2 is 2.00 bits per heavy atom. The molecule has 2 atom stereocenters. The molecule has 2 unspecified atom stereocenters. The molecule has 2 aromatic carbocycles. The third-order valence-corrected chi connectivity index (χ3v) is 8.17. The molecule has 3 aromatic rings. The van der Waals surface area contributed by atoms with Gasteiger partial charge < -0.3 is 20.0 Å². The van der Waals surface area contributed by atoms with Crippen LogP contribution in [-0.2, 0) is 4.79 Å². The summed E-state index contributed by atoms with van der Waals surface area (Å²) in [6.45, 7) is 1.85. The number of halogens is 3. The Labute approximate surface area is 228 Å². The lowest BCUT2D eigenvalue weighted by Gasteiger charge is -2.38. The number of carbonyl (C=O) groups is 1. The van der Waals surface area contributed by atoms with E-state index in [1.807, 2.05) is 0 Å². The van der Waals surface area contributed by atoms with E-state index in [1.54, 1.807) is 18.2 Å². The van der Waals surface area contributed by atoms with Gasteiger partial charge in [-0.25, -0.2) is 13.2 Å². The summed E-state index contributed by atoms with van der Waals surface area (Å²) in [6, 6.07) is 8.41. The van der Waals surface area contributed by atoms with E-state index in [1.165, 1.54) is 24.9 Å². The number of nitrogens with zero attached hydrogens (tertiary/aromatic N) is 3. The zero-order chi connectivity index (χ0) is 27.9. The Balaban J connectivity index is 1.41. The van der Waals surface area contributed by atoms with Gasteiger partial charge in [-0.3, -0.25) is 9.78 Å². The molecular weight excluding hydrogens is 531 g/mol. The van der Waals surface area contributed by atoms with Crippen molar-refractivity contribution < 1.29 is 33.0 Å². The van der Waals surface area contributed by atoms with Crippen molar-refractivity contribution in [3.05, 3.63) is 65.6 Å². The number of aliphatic carboxylic acids is 1. The highest BCUT2D eigenvalue weighted by Gasteiger charge is 2.31. The molecule has 4 rings (SSSR count). The minimum atomic E-state index is -0.905. The maximum Gasteiger partial charge on any atom is 0.303 e. The first kappa shape index (κ1) is 28.7. The Hall–Kier alpha value is -3.31. The van der Waals surface area contributed by atoms with E-state index in [9.17, 15) is 28.3 Å². The van der Waals surface area contributed by atoms with Crippen molar-refractivity contribution in [1.29, 1.82) is 0 Å². The van der Waals surface area contributed by atoms with Gasteiger partial charge in [-0.05, 0) is 74.0 Å². The van der Waals surface area contributed by atoms with Gasteiger partial charge in [0.05, 0.1) is 24.5 Å². The number of carboxylic acids is 1. The number of hydrogen-bond acceptors (Lipinski definition) is 7. The van der Waals surface area contributed by atoms with E-state index in [2.05, 4.69) is 15.0 Å². The van der Waals surface area contributed by atoms with Crippen LogP contribution in [0.1, 0.15) is 31.2 Å². The standard InChI is InChI=1S/C28H30F3N3O4S/c1-38-20-4-7-24-21(14-20)28(23(31)15-32-24)25(33-37)6-2-17-8-9-34(16-18(17)12-27(35)36)10-11-39-26-13-19(29)3-5-22(26)30/h3-5,7,13-15,17-18,37H,2,6,8-12,16H2,1H3,(H,35,36). The number of benzene rings is 2. The van der Waals surface area contributed by atoms with Crippen LogP contribution < -0.4 is 4.74 Å². The van der Waals surface area contributed by atoms with Crippen LogP contribution in [0.25, 0.3) is 10.9 Å². The van der Waals surface area contributed by atoms with E-state index < -0.39 is 23.4 Å². The smallest absolute Gasteiger partial charge is 0.303 e. The molecule has 0 bridgehead atoms. The van der Waals surface area contributed by atoms with Crippen LogP contribution in [-0.4, -0.2) is 64.4 Å². The lowest BCUT2D eigenvalue weighted by Crippen LogP contribution is -2.42. The maximum absolute atomic E-state index is 14.9. The summed E-state index contributed by atoms with van der Waals surface area (Å²) in [5.74, 6) is -1.58. The molecular formula is C28H30F3N3O4S. The second-order valence-corrected chi connectivity index (χ2v) is 10.7. The number of piperidine rings is 1. The predicted octanol–water partition coefficient (Wildman–Crippen LogP) is 5.82.